The van der Waals surface area contributed by atoms with Crippen molar-refractivity contribution in [1.82, 2.24) is 10.8 Å². The van der Waals surface area contributed by atoms with Gasteiger partial charge in [0.05, 0.1) is 31.8 Å². The second kappa shape index (κ2) is 14.9. The van der Waals surface area contributed by atoms with Crippen molar-refractivity contribution in [2.75, 3.05) is 26.6 Å². The average molecular weight is 451 g/mol. The highest BCUT2D eigenvalue weighted by Crippen LogP contribution is 2.28. The molecule has 0 unspecified atom stereocenters. The van der Waals surface area contributed by atoms with Crippen LogP contribution in [0.25, 0.3) is 0 Å². The van der Waals surface area contributed by atoms with E-state index in [9.17, 15) is 14.8 Å². The van der Waals surface area contributed by atoms with E-state index in [2.05, 4.69) is 12.2 Å². The van der Waals surface area contributed by atoms with Gasteiger partial charge in [0.2, 0.25) is 11.8 Å². The van der Waals surface area contributed by atoms with E-state index in [1.165, 1.54) is 0 Å². The smallest absolute Gasteiger partial charge is 0.248 e. The number of carbonyl (C=O) groups excluding carboxylic acids is 2. The fourth-order valence-electron chi connectivity index (χ4n) is 3.92. The Morgan fingerprint density at radius 3 is 2.44 bits per heavy atom. The van der Waals surface area contributed by atoms with Crippen molar-refractivity contribution >= 4 is 11.8 Å². The Hall–Kier alpha value is -2.00. The number of amides is 2. The van der Waals surface area contributed by atoms with E-state index in [1.54, 1.807) is 5.48 Å². The van der Waals surface area contributed by atoms with Crippen molar-refractivity contribution in [3.8, 4) is 0 Å². The van der Waals surface area contributed by atoms with Crippen LogP contribution in [0.15, 0.2) is 30.3 Å². The van der Waals surface area contributed by atoms with Crippen LogP contribution < -0.4 is 10.8 Å². The number of hydrogen-bond donors (Lipinski definition) is 3. The van der Waals surface area contributed by atoms with Crippen molar-refractivity contribution in [2.24, 2.45) is 17.8 Å². The first-order valence-corrected chi connectivity index (χ1v) is 11.5. The molecule has 1 saturated carbocycles. The highest BCUT2D eigenvalue weighted by Gasteiger charge is 2.29. The number of carbonyl (C=O) groups is 2. The third-order valence-corrected chi connectivity index (χ3v) is 5.90. The molecule has 0 aromatic heterocycles. The maximum Gasteiger partial charge on any atom is 0.248 e. The first-order valence-electron chi connectivity index (χ1n) is 11.5. The molecule has 0 aliphatic heterocycles. The van der Waals surface area contributed by atoms with E-state index >= 15 is 0 Å². The maximum atomic E-state index is 12.8. The summed E-state index contributed by atoms with van der Waals surface area (Å²) in [5.74, 6) is -0.552. The van der Waals surface area contributed by atoms with Gasteiger partial charge in [-0.3, -0.25) is 14.8 Å². The maximum absolute atomic E-state index is 12.8. The van der Waals surface area contributed by atoms with Crippen LogP contribution in [0.5, 0.6) is 0 Å². The molecule has 32 heavy (non-hydrogen) atoms. The molecule has 180 valence electrons. The van der Waals surface area contributed by atoms with E-state index in [1.807, 2.05) is 37.3 Å². The highest BCUT2D eigenvalue weighted by atomic mass is 16.7. The predicted molar refractivity (Wildman–Crippen MR) is 120 cm³/mol. The summed E-state index contributed by atoms with van der Waals surface area (Å²) in [6.07, 6.45) is 4.13. The molecule has 1 fully saturated rings. The molecule has 0 heterocycles. The number of benzene rings is 1. The number of hydrogen-bond acceptors (Lipinski definition) is 6. The van der Waals surface area contributed by atoms with Crippen LogP contribution >= 0.6 is 0 Å². The first-order chi connectivity index (χ1) is 15.5. The fourth-order valence-corrected chi connectivity index (χ4v) is 3.92. The third-order valence-electron chi connectivity index (χ3n) is 5.90. The van der Waals surface area contributed by atoms with Gasteiger partial charge in [-0.25, -0.2) is 5.48 Å². The molecule has 0 spiro atoms. The van der Waals surface area contributed by atoms with Crippen molar-refractivity contribution in [3.63, 3.8) is 0 Å². The Bertz CT molecular complexity index is 664. The Kier molecular flexibility index (Phi) is 12.3. The van der Waals surface area contributed by atoms with Gasteiger partial charge in [-0.2, -0.15) is 0 Å². The molecule has 0 bridgehead atoms. The van der Waals surface area contributed by atoms with Crippen LogP contribution in [0.3, 0.4) is 0 Å². The van der Waals surface area contributed by atoms with Gasteiger partial charge in [0.15, 0.2) is 0 Å². The minimum absolute atomic E-state index is 0.00438. The van der Waals surface area contributed by atoms with Crippen LogP contribution in [0, 0.1) is 17.8 Å². The molecule has 0 radical (unpaired) electrons. The number of hydroxylamine groups is 1. The van der Waals surface area contributed by atoms with Crippen LogP contribution in [0.4, 0.5) is 0 Å². The molecule has 3 N–H and O–H groups in total. The van der Waals surface area contributed by atoms with E-state index in [0.29, 0.717) is 19.1 Å². The molecule has 2 amide bonds. The van der Waals surface area contributed by atoms with Crippen molar-refractivity contribution < 1.29 is 29.0 Å². The molecule has 2 rings (SSSR count). The minimum Gasteiger partial charge on any atom is -0.376 e. The molecule has 8 nitrogen and oxygen atoms in total. The van der Waals surface area contributed by atoms with Gasteiger partial charge in [-0.05, 0) is 50.5 Å². The van der Waals surface area contributed by atoms with Crippen molar-refractivity contribution in [2.45, 2.75) is 58.6 Å². The zero-order chi connectivity index (χ0) is 23.2. The molecular weight excluding hydrogens is 412 g/mol. The summed E-state index contributed by atoms with van der Waals surface area (Å²) in [4.78, 5) is 25.1. The van der Waals surface area contributed by atoms with Crippen LogP contribution in [-0.2, 0) is 30.4 Å². The lowest BCUT2D eigenvalue weighted by Gasteiger charge is -2.29. The van der Waals surface area contributed by atoms with Gasteiger partial charge in [0.25, 0.3) is 0 Å². The molecule has 1 aliphatic rings. The Labute approximate surface area is 191 Å². The molecule has 2 atom stereocenters. The molecule has 0 saturated heterocycles. The second-order valence-corrected chi connectivity index (χ2v) is 8.55. The second-order valence-electron chi connectivity index (χ2n) is 8.55. The Balaban J connectivity index is 1.94. The standard InChI is InChI=1S/C24H38N2O6/c1-3-30-17-32-16-22(25-23(27)20-11-9-18(2)10-12-20)13-21(24(28)26-29)15-31-14-19-7-5-4-6-8-19/h4-8,18,20-22,29H,3,9-17H2,1-2H3,(H,25,27)(H,26,28)/t18?,20?,21-,22+/m1/s1. The molecule has 1 aliphatic carbocycles. The zero-order valence-electron chi connectivity index (χ0n) is 19.3. The normalized spacial score (nSPS) is 20.3. The molecule has 1 aromatic rings. The lowest BCUT2D eigenvalue weighted by atomic mass is 9.82. The van der Waals surface area contributed by atoms with Crippen LogP contribution in [0.2, 0.25) is 0 Å². The summed E-state index contributed by atoms with van der Waals surface area (Å²) in [7, 11) is 0. The van der Waals surface area contributed by atoms with E-state index in [0.717, 1.165) is 31.2 Å². The first kappa shape index (κ1) is 26.3. The van der Waals surface area contributed by atoms with Gasteiger partial charge in [-0.1, -0.05) is 37.3 Å². The summed E-state index contributed by atoms with van der Waals surface area (Å²) in [5, 5.41) is 12.3. The topological polar surface area (TPSA) is 106 Å². The monoisotopic (exact) mass is 450 g/mol. The van der Waals surface area contributed by atoms with Gasteiger partial charge in [0.1, 0.15) is 6.79 Å². The third kappa shape index (κ3) is 9.65. The molecular formula is C24H38N2O6. The SMILES string of the molecule is CCOCOC[C@H](C[C@H](COCc1ccccc1)C(=O)NO)NC(=O)C1CCC(C)CC1. The quantitative estimate of drug-likeness (QED) is 0.174. The fraction of sp³-hybridized carbons (Fsp3) is 0.667. The van der Waals surface area contributed by atoms with Crippen molar-refractivity contribution in [1.29, 1.82) is 0 Å². The van der Waals surface area contributed by atoms with Crippen LogP contribution in [-0.4, -0.2) is 49.7 Å². The zero-order valence-corrected chi connectivity index (χ0v) is 19.3. The lowest BCUT2D eigenvalue weighted by Crippen LogP contribution is -2.45. The highest BCUT2D eigenvalue weighted by molar-refractivity contribution is 5.80. The van der Waals surface area contributed by atoms with Gasteiger partial charge in [-0.15, -0.1) is 0 Å². The summed E-state index contributed by atoms with van der Waals surface area (Å²) < 4.78 is 16.5. The number of rotatable bonds is 14. The Morgan fingerprint density at radius 2 is 1.78 bits per heavy atom. The predicted octanol–water partition coefficient (Wildman–Crippen LogP) is 3.04. The number of nitrogens with one attached hydrogen (secondary N) is 2. The van der Waals surface area contributed by atoms with Gasteiger partial charge >= 0.3 is 0 Å². The van der Waals surface area contributed by atoms with Crippen molar-refractivity contribution in [3.05, 3.63) is 35.9 Å². The summed E-state index contributed by atoms with van der Waals surface area (Å²) in [6, 6.07) is 9.25. The summed E-state index contributed by atoms with van der Waals surface area (Å²) >= 11 is 0. The van der Waals surface area contributed by atoms with E-state index in [4.69, 9.17) is 14.2 Å². The largest absolute Gasteiger partial charge is 0.376 e. The van der Waals surface area contributed by atoms with Crippen LogP contribution in [0.1, 0.15) is 51.5 Å². The van der Waals surface area contributed by atoms with Gasteiger partial charge in [0, 0.05) is 12.5 Å². The Morgan fingerprint density at radius 1 is 1.06 bits per heavy atom. The van der Waals surface area contributed by atoms with E-state index < -0.39 is 17.9 Å². The van der Waals surface area contributed by atoms with E-state index in [-0.39, 0.29) is 38.3 Å². The average Bonchev–Trinajstić information content (AvgIpc) is 2.81. The number of ether oxygens (including phenoxy) is 3. The lowest BCUT2D eigenvalue weighted by molar-refractivity contribution is -0.137. The summed E-state index contributed by atoms with van der Waals surface area (Å²) in [6.45, 7) is 5.41. The molecule has 8 heteroatoms. The summed E-state index contributed by atoms with van der Waals surface area (Å²) in [5.41, 5.74) is 2.71. The molecule has 1 aromatic carbocycles. The van der Waals surface area contributed by atoms with Gasteiger partial charge < -0.3 is 19.5 Å². The minimum atomic E-state index is -0.643.